The summed E-state index contributed by atoms with van der Waals surface area (Å²) in [7, 11) is 1.65. The Balaban J connectivity index is 2.22. The Morgan fingerprint density at radius 3 is 2.58 bits per heavy atom. The van der Waals surface area contributed by atoms with Crippen molar-refractivity contribution in [3.05, 3.63) is 29.3 Å². The number of halogens is 1. The number of hydrogen-bond acceptors (Lipinski definition) is 4. The summed E-state index contributed by atoms with van der Waals surface area (Å²) in [6, 6.07) is 0. The van der Waals surface area contributed by atoms with Crippen molar-refractivity contribution in [2.45, 2.75) is 32.7 Å². The van der Waals surface area contributed by atoms with Gasteiger partial charge in [0.25, 0.3) is 11.8 Å². The fraction of sp³-hybridized carbons (Fsp3) is 0.467. The van der Waals surface area contributed by atoms with Gasteiger partial charge in [-0.25, -0.2) is 0 Å². The van der Waals surface area contributed by atoms with E-state index >= 15 is 0 Å². The SMILES string of the molecule is CCCNC(=O)c1c(NC(=O)C(C)(C)n2cc(Cl)cn2)cnn1C. The van der Waals surface area contributed by atoms with E-state index in [1.807, 2.05) is 6.92 Å². The number of aromatic nitrogens is 4. The van der Waals surface area contributed by atoms with E-state index in [1.165, 1.54) is 21.8 Å². The first kappa shape index (κ1) is 18.0. The largest absolute Gasteiger partial charge is 0.351 e. The highest BCUT2D eigenvalue weighted by Crippen LogP contribution is 2.21. The predicted octanol–water partition coefficient (Wildman–Crippen LogP) is 1.78. The second-order valence-corrected chi connectivity index (χ2v) is 6.34. The molecule has 0 bridgehead atoms. The van der Waals surface area contributed by atoms with Gasteiger partial charge in [-0.2, -0.15) is 10.2 Å². The summed E-state index contributed by atoms with van der Waals surface area (Å²) >= 11 is 5.87. The van der Waals surface area contributed by atoms with Gasteiger partial charge in [0.15, 0.2) is 0 Å². The molecule has 0 radical (unpaired) electrons. The average Bonchev–Trinajstić information content (AvgIpc) is 3.11. The van der Waals surface area contributed by atoms with Crippen LogP contribution >= 0.6 is 11.6 Å². The summed E-state index contributed by atoms with van der Waals surface area (Å²) < 4.78 is 2.90. The Morgan fingerprint density at radius 2 is 2.00 bits per heavy atom. The summed E-state index contributed by atoms with van der Waals surface area (Å²) in [6.45, 7) is 5.93. The van der Waals surface area contributed by atoms with Crippen molar-refractivity contribution in [2.24, 2.45) is 7.05 Å². The molecular weight excluding hydrogens is 332 g/mol. The molecule has 0 aromatic carbocycles. The maximum absolute atomic E-state index is 12.7. The number of anilines is 1. The monoisotopic (exact) mass is 352 g/mol. The molecule has 2 amide bonds. The minimum absolute atomic E-state index is 0.285. The molecule has 0 aliphatic heterocycles. The lowest BCUT2D eigenvalue weighted by molar-refractivity contribution is -0.123. The molecule has 2 aromatic heterocycles. The van der Waals surface area contributed by atoms with Gasteiger partial charge in [-0.15, -0.1) is 0 Å². The number of nitrogens with one attached hydrogen (secondary N) is 2. The number of amides is 2. The summed E-state index contributed by atoms with van der Waals surface area (Å²) in [5.41, 5.74) is -0.339. The third-order valence-electron chi connectivity index (χ3n) is 3.62. The molecule has 8 nitrogen and oxygen atoms in total. The van der Waals surface area contributed by atoms with Crippen molar-refractivity contribution >= 4 is 29.1 Å². The van der Waals surface area contributed by atoms with Crippen LogP contribution in [-0.2, 0) is 17.4 Å². The minimum atomic E-state index is -0.986. The van der Waals surface area contributed by atoms with Crippen LogP contribution in [0.25, 0.3) is 0 Å². The standard InChI is InChI=1S/C15H21ClN6O2/c1-5-6-17-13(23)12-11(8-18-21(12)4)20-14(24)15(2,3)22-9-10(16)7-19-22/h7-9H,5-6H2,1-4H3,(H,17,23)(H,20,24). The first-order valence-electron chi connectivity index (χ1n) is 7.59. The molecule has 2 heterocycles. The van der Waals surface area contributed by atoms with Crippen LogP contribution in [0.3, 0.4) is 0 Å². The summed E-state index contributed by atoms with van der Waals surface area (Å²) in [5, 5.41) is 14.1. The normalized spacial score (nSPS) is 11.4. The third-order valence-corrected chi connectivity index (χ3v) is 3.81. The maximum Gasteiger partial charge on any atom is 0.271 e. The highest BCUT2D eigenvalue weighted by atomic mass is 35.5. The zero-order valence-electron chi connectivity index (χ0n) is 14.1. The smallest absolute Gasteiger partial charge is 0.271 e. The molecule has 0 saturated carbocycles. The van der Waals surface area contributed by atoms with Gasteiger partial charge in [0.1, 0.15) is 11.2 Å². The van der Waals surface area contributed by atoms with E-state index in [2.05, 4.69) is 20.8 Å². The quantitative estimate of drug-likeness (QED) is 0.828. The van der Waals surface area contributed by atoms with Crippen molar-refractivity contribution in [1.82, 2.24) is 24.9 Å². The van der Waals surface area contributed by atoms with Crippen LogP contribution in [0.15, 0.2) is 18.6 Å². The zero-order valence-corrected chi connectivity index (χ0v) is 14.9. The Hall–Kier alpha value is -2.35. The lowest BCUT2D eigenvalue weighted by Gasteiger charge is -2.24. The summed E-state index contributed by atoms with van der Waals surface area (Å²) in [4.78, 5) is 24.9. The molecule has 0 aliphatic rings. The Morgan fingerprint density at radius 1 is 1.29 bits per heavy atom. The van der Waals surface area contributed by atoms with Crippen molar-refractivity contribution in [3.8, 4) is 0 Å². The van der Waals surface area contributed by atoms with Crippen LogP contribution in [0.5, 0.6) is 0 Å². The second-order valence-electron chi connectivity index (χ2n) is 5.90. The second kappa shape index (κ2) is 7.04. The molecule has 2 rings (SSSR count). The molecule has 0 atom stereocenters. The highest BCUT2D eigenvalue weighted by molar-refractivity contribution is 6.30. The van der Waals surface area contributed by atoms with E-state index in [4.69, 9.17) is 11.6 Å². The fourth-order valence-corrected chi connectivity index (χ4v) is 2.24. The summed E-state index contributed by atoms with van der Waals surface area (Å²) in [6.07, 6.45) is 5.30. The number of carbonyl (C=O) groups is 2. The van der Waals surface area contributed by atoms with Crippen molar-refractivity contribution in [3.63, 3.8) is 0 Å². The van der Waals surface area contributed by atoms with Crippen LogP contribution in [0.2, 0.25) is 5.02 Å². The molecule has 24 heavy (non-hydrogen) atoms. The molecule has 0 aliphatic carbocycles. The molecule has 0 unspecified atom stereocenters. The predicted molar refractivity (Wildman–Crippen MR) is 91.0 cm³/mol. The molecule has 130 valence electrons. The van der Waals surface area contributed by atoms with Crippen LogP contribution in [0.4, 0.5) is 5.69 Å². The van der Waals surface area contributed by atoms with Gasteiger partial charge in [0, 0.05) is 19.8 Å². The molecule has 2 N–H and O–H groups in total. The van der Waals surface area contributed by atoms with Gasteiger partial charge in [0.05, 0.1) is 23.1 Å². The lowest BCUT2D eigenvalue weighted by atomic mass is 10.0. The molecule has 0 saturated heterocycles. The minimum Gasteiger partial charge on any atom is -0.351 e. The number of nitrogens with zero attached hydrogens (tertiary/aromatic N) is 4. The molecule has 9 heteroatoms. The number of aryl methyl sites for hydroxylation is 1. The molecule has 0 spiro atoms. The van der Waals surface area contributed by atoms with Crippen molar-refractivity contribution < 1.29 is 9.59 Å². The van der Waals surface area contributed by atoms with Crippen molar-refractivity contribution in [2.75, 3.05) is 11.9 Å². The highest BCUT2D eigenvalue weighted by Gasteiger charge is 2.32. The van der Waals surface area contributed by atoms with E-state index in [0.29, 0.717) is 22.9 Å². The Labute approximate surface area is 145 Å². The number of hydrogen-bond donors (Lipinski definition) is 2. The Bertz CT molecular complexity index is 749. The lowest BCUT2D eigenvalue weighted by Crippen LogP contribution is -2.41. The maximum atomic E-state index is 12.7. The molecule has 0 fully saturated rings. The van der Waals surface area contributed by atoms with Gasteiger partial charge in [-0.3, -0.25) is 19.0 Å². The van der Waals surface area contributed by atoms with Crippen molar-refractivity contribution in [1.29, 1.82) is 0 Å². The number of carbonyl (C=O) groups excluding carboxylic acids is 2. The van der Waals surface area contributed by atoms with E-state index < -0.39 is 5.54 Å². The van der Waals surface area contributed by atoms with E-state index in [1.54, 1.807) is 27.1 Å². The van der Waals surface area contributed by atoms with Gasteiger partial charge in [0.2, 0.25) is 0 Å². The Kier molecular flexibility index (Phi) is 5.28. The van der Waals surface area contributed by atoms with Gasteiger partial charge in [-0.1, -0.05) is 18.5 Å². The topological polar surface area (TPSA) is 93.8 Å². The van der Waals surface area contributed by atoms with Crippen LogP contribution in [0, 0.1) is 0 Å². The number of rotatable bonds is 6. The van der Waals surface area contributed by atoms with Crippen LogP contribution < -0.4 is 10.6 Å². The van der Waals surface area contributed by atoms with Gasteiger partial charge in [-0.05, 0) is 20.3 Å². The molecular formula is C15H21ClN6O2. The van der Waals surface area contributed by atoms with Gasteiger partial charge >= 0.3 is 0 Å². The van der Waals surface area contributed by atoms with Crippen LogP contribution in [-0.4, -0.2) is 37.9 Å². The third kappa shape index (κ3) is 3.59. The van der Waals surface area contributed by atoms with E-state index in [-0.39, 0.29) is 11.8 Å². The average molecular weight is 353 g/mol. The fourth-order valence-electron chi connectivity index (χ4n) is 2.11. The molecule has 2 aromatic rings. The summed E-state index contributed by atoms with van der Waals surface area (Å²) in [5.74, 6) is -0.619. The first-order chi connectivity index (χ1) is 11.3. The van der Waals surface area contributed by atoms with Crippen LogP contribution in [0.1, 0.15) is 37.7 Å². The van der Waals surface area contributed by atoms with Gasteiger partial charge < -0.3 is 10.6 Å². The van der Waals surface area contributed by atoms with E-state index in [9.17, 15) is 9.59 Å². The zero-order chi connectivity index (χ0) is 17.9. The first-order valence-corrected chi connectivity index (χ1v) is 7.97. The van der Waals surface area contributed by atoms with E-state index in [0.717, 1.165) is 6.42 Å².